The molecule has 2 N–H and O–H groups in total. The molecule has 0 amide bonds. The van der Waals surface area contributed by atoms with Crippen molar-refractivity contribution < 1.29 is 4.74 Å². The van der Waals surface area contributed by atoms with E-state index in [9.17, 15) is 0 Å². The van der Waals surface area contributed by atoms with Gasteiger partial charge in [0.15, 0.2) is 0 Å². The normalized spacial score (nSPS) is 27.3. The largest absolute Gasteiger partial charge is 0.496 e. The minimum atomic E-state index is -0.0417. The lowest BCUT2D eigenvalue weighted by Crippen LogP contribution is -2.46. The first-order chi connectivity index (χ1) is 9.06. The van der Waals surface area contributed by atoms with Gasteiger partial charge in [0.2, 0.25) is 0 Å². The monoisotopic (exact) mass is 261 g/mol. The van der Waals surface area contributed by atoms with Crippen molar-refractivity contribution in [2.75, 3.05) is 7.11 Å². The third kappa shape index (κ3) is 3.50. The van der Waals surface area contributed by atoms with Gasteiger partial charge in [0.1, 0.15) is 5.75 Å². The molecule has 1 fully saturated rings. The first-order valence-corrected chi connectivity index (χ1v) is 7.49. The van der Waals surface area contributed by atoms with E-state index in [0.717, 1.165) is 30.9 Å². The molecule has 1 aromatic carbocycles. The van der Waals surface area contributed by atoms with Crippen LogP contribution in [0.15, 0.2) is 18.2 Å². The Morgan fingerprint density at radius 1 is 1.42 bits per heavy atom. The highest BCUT2D eigenvalue weighted by molar-refractivity contribution is 5.38. The highest BCUT2D eigenvalue weighted by atomic mass is 16.5. The van der Waals surface area contributed by atoms with E-state index in [0.29, 0.717) is 0 Å². The third-order valence-electron chi connectivity index (χ3n) is 4.54. The predicted molar refractivity (Wildman–Crippen MR) is 80.6 cm³/mol. The van der Waals surface area contributed by atoms with Crippen LogP contribution in [0.2, 0.25) is 0 Å². The Morgan fingerprint density at radius 2 is 2.21 bits per heavy atom. The quantitative estimate of drug-likeness (QED) is 0.893. The van der Waals surface area contributed by atoms with Crippen molar-refractivity contribution in [1.82, 2.24) is 0 Å². The molecule has 0 saturated heterocycles. The molecule has 2 unspecified atom stereocenters. The fourth-order valence-electron chi connectivity index (χ4n) is 3.46. The molecular formula is C17H27NO. The van der Waals surface area contributed by atoms with Crippen molar-refractivity contribution in [3.05, 3.63) is 29.3 Å². The molecule has 2 rings (SSSR count). The van der Waals surface area contributed by atoms with Gasteiger partial charge in [-0.1, -0.05) is 43.9 Å². The molecule has 0 aromatic heterocycles. The molecule has 0 bridgehead atoms. The minimum Gasteiger partial charge on any atom is -0.496 e. The van der Waals surface area contributed by atoms with Crippen LogP contribution in [0.25, 0.3) is 0 Å². The standard InChI is InChI=1S/C17H27NO/c1-4-14-6-5-9-17(18,11-14)12-15-10-13(2)7-8-16(15)19-3/h7-8,10,14H,4-6,9,11-12,18H2,1-3H3. The van der Waals surface area contributed by atoms with Crippen molar-refractivity contribution >= 4 is 0 Å². The maximum absolute atomic E-state index is 6.68. The molecule has 0 spiro atoms. The molecule has 19 heavy (non-hydrogen) atoms. The second kappa shape index (κ2) is 5.96. The zero-order chi connectivity index (χ0) is 13.9. The Kier molecular flexibility index (Phi) is 4.51. The SMILES string of the molecule is CCC1CCCC(N)(Cc2cc(C)ccc2OC)C1. The average molecular weight is 261 g/mol. The van der Waals surface area contributed by atoms with Crippen LogP contribution in [-0.4, -0.2) is 12.6 Å². The molecule has 106 valence electrons. The number of hydrogen-bond donors (Lipinski definition) is 1. The number of aryl methyl sites for hydroxylation is 1. The summed E-state index contributed by atoms with van der Waals surface area (Å²) in [5, 5.41) is 0. The lowest BCUT2D eigenvalue weighted by atomic mass is 9.72. The highest BCUT2D eigenvalue weighted by Gasteiger charge is 2.32. The number of hydrogen-bond acceptors (Lipinski definition) is 2. The molecule has 1 aromatic rings. The van der Waals surface area contributed by atoms with E-state index in [-0.39, 0.29) is 5.54 Å². The molecule has 0 heterocycles. The lowest BCUT2D eigenvalue weighted by molar-refractivity contribution is 0.217. The molecular weight excluding hydrogens is 234 g/mol. The number of rotatable bonds is 4. The van der Waals surface area contributed by atoms with Gasteiger partial charge in [0, 0.05) is 5.54 Å². The van der Waals surface area contributed by atoms with E-state index < -0.39 is 0 Å². The summed E-state index contributed by atoms with van der Waals surface area (Å²) in [6, 6.07) is 6.39. The van der Waals surface area contributed by atoms with Crippen LogP contribution < -0.4 is 10.5 Å². The van der Waals surface area contributed by atoms with Crippen LogP contribution in [0.3, 0.4) is 0 Å². The molecule has 1 aliphatic rings. The molecule has 1 saturated carbocycles. The highest BCUT2D eigenvalue weighted by Crippen LogP contribution is 2.36. The summed E-state index contributed by atoms with van der Waals surface area (Å²) in [6.45, 7) is 4.41. The van der Waals surface area contributed by atoms with Crippen molar-refractivity contribution in [3.63, 3.8) is 0 Å². The number of benzene rings is 1. The van der Waals surface area contributed by atoms with Gasteiger partial charge in [-0.25, -0.2) is 0 Å². The van der Waals surface area contributed by atoms with Crippen LogP contribution in [0.5, 0.6) is 5.75 Å². The summed E-state index contributed by atoms with van der Waals surface area (Å²) in [4.78, 5) is 0. The Balaban J connectivity index is 2.17. The minimum absolute atomic E-state index is 0.0417. The smallest absolute Gasteiger partial charge is 0.122 e. The number of methoxy groups -OCH3 is 1. The first-order valence-electron chi connectivity index (χ1n) is 7.49. The zero-order valence-corrected chi connectivity index (χ0v) is 12.5. The van der Waals surface area contributed by atoms with Crippen LogP contribution >= 0.6 is 0 Å². The summed E-state index contributed by atoms with van der Waals surface area (Å²) in [5.41, 5.74) is 9.18. The zero-order valence-electron chi connectivity index (χ0n) is 12.5. The molecule has 0 aliphatic heterocycles. The summed E-state index contributed by atoms with van der Waals surface area (Å²) in [7, 11) is 1.74. The fraction of sp³-hybridized carbons (Fsp3) is 0.647. The van der Waals surface area contributed by atoms with Crippen LogP contribution in [-0.2, 0) is 6.42 Å². The predicted octanol–water partition coefficient (Wildman–Crippen LogP) is 3.84. The van der Waals surface area contributed by atoms with E-state index in [2.05, 4.69) is 32.0 Å². The van der Waals surface area contributed by atoms with Crippen LogP contribution in [0.1, 0.15) is 50.2 Å². The summed E-state index contributed by atoms with van der Waals surface area (Å²) < 4.78 is 5.48. The maximum Gasteiger partial charge on any atom is 0.122 e. The van der Waals surface area contributed by atoms with Gasteiger partial charge in [-0.15, -0.1) is 0 Å². The second-order valence-corrected chi connectivity index (χ2v) is 6.23. The van der Waals surface area contributed by atoms with Gasteiger partial charge in [0.25, 0.3) is 0 Å². The van der Waals surface area contributed by atoms with Gasteiger partial charge < -0.3 is 10.5 Å². The van der Waals surface area contributed by atoms with Crippen molar-refractivity contribution in [1.29, 1.82) is 0 Å². The van der Waals surface area contributed by atoms with Gasteiger partial charge in [0.05, 0.1) is 7.11 Å². The molecule has 0 radical (unpaired) electrons. The lowest BCUT2D eigenvalue weighted by Gasteiger charge is -2.38. The Morgan fingerprint density at radius 3 is 2.89 bits per heavy atom. The van der Waals surface area contributed by atoms with Crippen molar-refractivity contribution in [2.24, 2.45) is 11.7 Å². The van der Waals surface area contributed by atoms with E-state index >= 15 is 0 Å². The summed E-state index contributed by atoms with van der Waals surface area (Å²) in [5.74, 6) is 1.78. The maximum atomic E-state index is 6.68. The van der Waals surface area contributed by atoms with Crippen molar-refractivity contribution in [2.45, 2.75) is 57.9 Å². The van der Waals surface area contributed by atoms with Crippen molar-refractivity contribution in [3.8, 4) is 5.75 Å². The number of nitrogens with two attached hydrogens (primary N) is 1. The van der Waals surface area contributed by atoms with Gasteiger partial charge in [-0.2, -0.15) is 0 Å². The fourth-order valence-corrected chi connectivity index (χ4v) is 3.46. The van der Waals surface area contributed by atoms with Gasteiger partial charge >= 0.3 is 0 Å². The molecule has 1 aliphatic carbocycles. The number of ether oxygens (including phenoxy) is 1. The average Bonchev–Trinajstić information content (AvgIpc) is 2.38. The third-order valence-corrected chi connectivity index (χ3v) is 4.54. The van der Waals surface area contributed by atoms with E-state index in [4.69, 9.17) is 10.5 Å². The van der Waals surface area contributed by atoms with E-state index in [1.54, 1.807) is 7.11 Å². The van der Waals surface area contributed by atoms with Gasteiger partial charge in [-0.3, -0.25) is 0 Å². The summed E-state index contributed by atoms with van der Waals surface area (Å²) in [6.07, 6.45) is 7.10. The Bertz CT molecular complexity index is 429. The Labute approximate surface area is 117 Å². The summed E-state index contributed by atoms with van der Waals surface area (Å²) >= 11 is 0. The van der Waals surface area contributed by atoms with E-state index in [1.165, 1.54) is 30.4 Å². The molecule has 2 atom stereocenters. The van der Waals surface area contributed by atoms with E-state index in [1.807, 2.05) is 0 Å². The first kappa shape index (κ1) is 14.4. The second-order valence-electron chi connectivity index (χ2n) is 6.23. The Hall–Kier alpha value is -1.02. The van der Waals surface area contributed by atoms with Crippen LogP contribution in [0, 0.1) is 12.8 Å². The molecule has 2 heteroatoms. The topological polar surface area (TPSA) is 35.2 Å². The van der Waals surface area contributed by atoms with Crippen LogP contribution in [0.4, 0.5) is 0 Å². The molecule has 2 nitrogen and oxygen atoms in total. The van der Waals surface area contributed by atoms with Gasteiger partial charge in [-0.05, 0) is 43.7 Å².